The average Bonchev–Trinajstić information content (AvgIpc) is 2.76. The zero-order valence-electron chi connectivity index (χ0n) is 15.6. The Hall–Kier alpha value is -2.96. The molecule has 1 aromatic heterocycles. The number of rotatable bonds is 5. The van der Waals surface area contributed by atoms with Crippen molar-refractivity contribution >= 4 is 16.7 Å². The van der Waals surface area contributed by atoms with Crippen molar-refractivity contribution in [3.05, 3.63) is 82.3 Å². The summed E-state index contributed by atoms with van der Waals surface area (Å²) < 4.78 is 5.48. The van der Waals surface area contributed by atoms with E-state index in [1.807, 2.05) is 24.3 Å². The average molecular weight is 377 g/mol. The summed E-state index contributed by atoms with van der Waals surface area (Å²) in [5.41, 5.74) is 1.45. The third-order valence-electron chi connectivity index (χ3n) is 5.18. The van der Waals surface area contributed by atoms with Crippen molar-refractivity contribution < 1.29 is 9.53 Å². The molecule has 1 saturated heterocycles. The molecule has 1 amide bonds. The molecule has 1 unspecified atom stereocenters. The number of hydrogen-bond acceptors (Lipinski definition) is 4. The van der Waals surface area contributed by atoms with Crippen molar-refractivity contribution in [1.82, 2.24) is 15.2 Å². The second kappa shape index (κ2) is 8.37. The molecule has 2 heterocycles. The van der Waals surface area contributed by atoms with Gasteiger partial charge in [0.05, 0.1) is 24.8 Å². The number of ether oxygens (including phenoxy) is 1. The molecule has 1 fully saturated rings. The number of aromatic nitrogens is 1. The van der Waals surface area contributed by atoms with Gasteiger partial charge in [0.2, 0.25) is 0 Å². The van der Waals surface area contributed by atoms with Gasteiger partial charge in [-0.15, -0.1) is 0 Å². The Kier molecular flexibility index (Phi) is 5.50. The van der Waals surface area contributed by atoms with Crippen LogP contribution in [0.4, 0.5) is 0 Å². The molecule has 4 rings (SSSR count). The summed E-state index contributed by atoms with van der Waals surface area (Å²) in [6, 6.07) is 17.4. The van der Waals surface area contributed by atoms with Gasteiger partial charge in [-0.3, -0.25) is 14.5 Å². The summed E-state index contributed by atoms with van der Waals surface area (Å²) in [5.74, 6) is -0.193. The third-order valence-corrected chi connectivity index (χ3v) is 5.18. The largest absolute Gasteiger partial charge is 0.379 e. The van der Waals surface area contributed by atoms with Gasteiger partial charge in [-0.2, -0.15) is 0 Å². The van der Waals surface area contributed by atoms with Crippen LogP contribution in [0, 0.1) is 0 Å². The maximum absolute atomic E-state index is 12.9. The lowest BCUT2D eigenvalue weighted by Crippen LogP contribution is -2.43. The van der Waals surface area contributed by atoms with E-state index in [-0.39, 0.29) is 17.5 Å². The molecular weight excluding hydrogens is 354 g/mol. The number of aromatic amines is 1. The van der Waals surface area contributed by atoms with Crippen molar-refractivity contribution in [3.63, 3.8) is 0 Å². The summed E-state index contributed by atoms with van der Waals surface area (Å²) >= 11 is 0. The first-order valence-corrected chi connectivity index (χ1v) is 9.49. The number of carbonyl (C=O) groups excluding carboxylic acids is 1. The lowest BCUT2D eigenvalue weighted by molar-refractivity contribution is 0.0162. The van der Waals surface area contributed by atoms with Crippen LogP contribution in [0.5, 0.6) is 0 Å². The van der Waals surface area contributed by atoms with Gasteiger partial charge >= 0.3 is 0 Å². The van der Waals surface area contributed by atoms with Crippen molar-refractivity contribution in [1.29, 1.82) is 0 Å². The highest BCUT2D eigenvalue weighted by atomic mass is 16.5. The Morgan fingerprint density at radius 1 is 1.04 bits per heavy atom. The van der Waals surface area contributed by atoms with Crippen LogP contribution in [0.25, 0.3) is 10.8 Å². The van der Waals surface area contributed by atoms with Gasteiger partial charge in [-0.05, 0) is 11.6 Å². The van der Waals surface area contributed by atoms with Crippen LogP contribution >= 0.6 is 0 Å². The molecule has 144 valence electrons. The molecule has 0 radical (unpaired) electrons. The molecule has 0 bridgehead atoms. The van der Waals surface area contributed by atoms with Crippen molar-refractivity contribution in [2.75, 3.05) is 32.8 Å². The van der Waals surface area contributed by atoms with Gasteiger partial charge in [0.1, 0.15) is 0 Å². The number of nitrogens with one attached hydrogen (secondary N) is 2. The van der Waals surface area contributed by atoms with Crippen LogP contribution in [0.2, 0.25) is 0 Å². The predicted octanol–water partition coefficient (Wildman–Crippen LogP) is 2.33. The molecule has 2 aromatic carbocycles. The molecule has 28 heavy (non-hydrogen) atoms. The number of nitrogens with zero attached hydrogens (tertiary/aromatic N) is 1. The maximum atomic E-state index is 12.9. The van der Waals surface area contributed by atoms with E-state index >= 15 is 0 Å². The second-order valence-electron chi connectivity index (χ2n) is 6.86. The SMILES string of the molecule is O=C(NCC(c1ccccc1)N1CCOCC1)c1c[nH]c(=O)c2ccccc12. The highest BCUT2D eigenvalue weighted by Crippen LogP contribution is 2.21. The number of carbonyl (C=O) groups is 1. The van der Waals surface area contributed by atoms with E-state index < -0.39 is 0 Å². The van der Waals surface area contributed by atoms with Crippen LogP contribution < -0.4 is 10.9 Å². The van der Waals surface area contributed by atoms with Crippen molar-refractivity contribution in [2.45, 2.75) is 6.04 Å². The molecule has 2 N–H and O–H groups in total. The number of H-pyrrole nitrogens is 1. The van der Waals surface area contributed by atoms with Crippen LogP contribution in [-0.2, 0) is 4.74 Å². The molecule has 1 aliphatic heterocycles. The Morgan fingerprint density at radius 3 is 2.46 bits per heavy atom. The normalized spacial score (nSPS) is 16.0. The first-order valence-electron chi connectivity index (χ1n) is 9.49. The summed E-state index contributed by atoms with van der Waals surface area (Å²) in [6.45, 7) is 3.54. The molecule has 6 nitrogen and oxygen atoms in total. The van der Waals surface area contributed by atoms with Gasteiger partial charge in [0.15, 0.2) is 0 Å². The molecular formula is C22H23N3O3. The molecule has 3 aromatic rings. The molecule has 0 saturated carbocycles. The Balaban J connectivity index is 1.56. The minimum Gasteiger partial charge on any atom is -0.379 e. The van der Waals surface area contributed by atoms with Crippen molar-refractivity contribution in [2.24, 2.45) is 0 Å². The standard InChI is InChI=1S/C22H23N3O3/c26-21-18-9-5-4-8-17(18)19(14-23-21)22(27)24-15-20(16-6-2-1-3-7-16)25-10-12-28-13-11-25/h1-9,14,20H,10-13,15H2,(H,23,26)(H,24,27). The quantitative estimate of drug-likeness (QED) is 0.716. The van der Waals surface area contributed by atoms with E-state index in [2.05, 4.69) is 27.3 Å². The summed E-state index contributed by atoms with van der Waals surface area (Å²) in [5, 5.41) is 4.24. The number of hydrogen-bond donors (Lipinski definition) is 2. The molecule has 1 aliphatic rings. The van der Waals surface area contributed by atoms with Crippen LogP contribution in [0.3, 0.4) is 0 Å². The van der Waals surface area contributed by atoms with Gasteiger partial charge < -0.3 is 15.0 Å². The predicted molar refractivity (Wildman–Crippen MR) is 108 cm³/mol. The monoisotopic (exact) mass is 377 g/mol. The number of amides is 1. The second-order valence-corrected chi connectivity index (χ2v) is 6.86. The minimum absolute atomic E-state index is 0.0723. The summed E-state index contributed by atoms with van der Waals surface area (Å²) in [7, 11) is 0. The maximum Gasteiger partial charge on any atom is 0.255 e. The Morgan fingerprint density at radius 2 is 1.71 bits per heavy atom. The fourth-order valence-electron chi connectivity index (χ4n) is 3.70. The number of fused-ring (bicyclic) bond motifs is 1. The number of morpholine rings is 1. The van der Waals surface area contributed by atoms with E-state index in [1.54, 1.807) is 18.2 Å². The molecule has 0 spiro atoms. The Labute approximate surface area is 163 Å². The van der Waals surface area contributed by atoms with Crippen molar-refractivity contribution in [3.8, 4) is 0 Å². The van der Waals surface area contributed by atoms with Gasteiger partial charge in [-0.1, -0.05) is 48.5 Å². The van der Waals surface area contributed by atoms with Crippen LogP contribution in [0.1, 0.15) is 22.0 Å². The van der Waals surface area contributed by atoms with E-state index in [0.717, 1.165) is 18.7 Å². The van der Waals surface area contributed by atoms with Gasteiger partial charge in [0.25, 0.3) is 11.5 Å². The minimum atomic E-state index is -0.193. The van der Waals surface area contributed by atoms with E-state index in [0.29, 0.717) is 36.1 Å². The number of benzene rings is 2. The fourth-order valence-corrected chi connectivity index (χ4v) is 3.70. The van der Waals surface area contributed by atoms with Gasteiger partial charge in [-0.25, -0.2) is 0 Å². The Bertz CT molecular complexity index is 1010. The highest BCUT2D eigenvalue weighted by Gasteiger charge is 2.23. The van der Waals surface area contributed by atoms with Crippen LogP contribution in [-0.4, -0.2) is 48.6 Å². The molecule has 1 atom stereocenters. The molecule has 6 heteroatoms. The first-order chi connectivity index (χ1) is 13.7. The lowest BCUT2D eigenvalue weighted by Gasteiger charge is -2.35. The van der Waals surface area contributed by atoms with E-state index in [1.165, 1.54) is 6.20 Å². The first kappa shape index (κ1) is 18.4. The lowest BCUT2D eigenvalue weighted by atomic mass is 10.0. The number of pyridine rings is 1. The highest BCUT2D eigenvalue weighted by molar-refractivity contribution is 6.06. The zero-order valence-corrected chi connectivity index (χ0v) is 15.6. The topological polar surface area (TPSA) is 74.4 Å². The zero-order chi connectivity index (χ0) is 19.3. The van der Waals surface area contributed by atoms with Crippen LogP contribution in [0.15, 0.2) is 65.6 Å². The molecule has 0 aliphatic carbocycles. The fraction of sp³-hybridized carbons (Fsp3) is 0.273. The van der Waals surface area contributed by atoms with Gasteiger partial charge in [0, 0.05) is 36.6 Å². The van der Waals surface area contributed by atoms with E-state index in [4.69, 9.17) is 4.74 Å². The summed E-state index contributed by atoms with van der Waals surface area (Å²) in [6.07, 6.45) is 1.49. The van der Waals surface area contributed by atoms with E-state index in [9.17, 15) is 9.59 Å². The smallest absolute Gasteiger partial charge is 0.255 e. The summed E-state index contributed by atoms with van der Waals surface area (Å²) in [4.78, 5) is 29.9. The third kappa shape index (κ3) is 3.83.